The first-order valence-electron chi connectivity index (χ1n) is 4.36. The Morgan fingerprint density at radius 2 is 2.00 bits per heavy atom. The van der Waals surface area contributed by atoms with E-state index in [2.05, 4.69) is 9.97 Å². The summed E-state index contributed by atoms with van der Waals surface area (Å²) in [4.78, 5) is 7.34. The predicted octanol–water partition coefficient (Wildman–Crippen LogP) is 2.13. The third kappa shape index (κ3) is 2.05. The number of halogens is 2. The van der Waals surface area contributed by atoms with Crippen molar-refractivity contribution in [1.29, 1.82) is 0 Å². The number of rotatable bonds is 2. The molecule has 2 rings (SSSR count). The van der Waals surface area contributed by atoms with Gasteiger partial charge in [0.1, 0.15) is 12.1 Å². The average Bonchev–Trinajstić information content (AvgIpc) is 2.25. The van der Waals surface area contributed by atoms with Gasteiger partial charge in [0.05, 0.1) is 0 Å². The highest BCUT2D eigenvalue weighted by Crippen LogP contribution is 2.24. The van der Waals surface area contributed by atoms with Crippen molar-refractivity contribution >= 4 is 5.82 Å². The maximum Gasteiger partial charge on any atom is 0.224 e. The molecule has 0 aliphatic heterocycles. The quantitative estimate of drug-likeness (QED) is 0.847. The summed E-state index contributed by atoms with van der Waals surface area (Å²) < 4.78 is 31.1. The van der Waals surface area contributed by atoms with Crippen LogP contribution in [0.15, 0.2) is 30.6 Å². The number of nitrogens with zero attached hydrogens (tertiary/aromatic N) is 2. The van der Waals surface area contributed by atoms with E-state index in [1.807, 2.05) is 0 Å². The Hall–Kier alpha value is -2.24. The summed E-state index contributed by atoms with van der Waals surface area (Å²) in [6.45, 7) is 0. The Bertz CT molecular complexity index is 519. The molecule has 0 saturated heterocycles. The lowest BCUT2D eigenvalue weighted by Crippen LogP contribution is -1.96. The molecule has 0 unspecified atom stereocenters. The Balaban J connectivity index is 2.31. The maximum absolute atomic E-state index is 13.2. The van der Waals surface area contributed by atoms with Gasteiger partial charge in [-0.3, -0.25) is 0 Å². The number of aromatic nitrogens is 2. The molecule has 82 valence electrons. The van der Waals surface area contributed by atoms with Crippen LogP contribution in [-0.2, 0) is 0 Å². The number of nitrogens with two attached hydrogens (primary N) is 1. The lowest BCUT2D eigenvalue weighted by atomic mass is 10.3. The van der Waals surface area contributed by atoms with E-state index in [9.17, 15) is 8.78 Å². The van der Waals surface area contributed by atoms with Crippen molar-refractivity contribution in [3.8, 4) is 11.6 Å². The lowest BCUT2D eigenvalue weighted by Gasteiger charge is -2.05. The highest BCUT2D eigenvalue weighted by Gasteiger charge is 2.10. The van der Waals surface area contributed by atoms with Gasteiger partial charge in [0.15, 0.2) is 11.6 Å². The number of nitrogen functional groups attached to an aromatic ring is 1. The summed E-state index contributed by atoms with van der Waals surface area (Å²) >= 11 is 0. The lowest BCUT2D eigenvalue weighted by molar-refractivity contribution is 0.405. The molecule has 4 nitrogen and oxygen atoms in total. The molecule has 0 radical (unpaired) electrons. The van der Waals surface area contributed by atoms with Gasteiger partial charge >= 0.3 is 0 Å². The maximum atomic E-state index is 13.2. The number of benzene rings is 1. The van der Waals surface area contributed by atoms with Crippen molar-refractivity contribution in [1.82, 2.24) is 9.97 Å². The third-order valence-corrected chi connectivity index (χ3v) is 1.79. The molecule has 1 heterocycles. The zero-order chi connectivity index (χ0) is 11.5. The van der Waals surface area contributed by atoms with Gasteiger partial charge in [-0.25, -0.2) is 14.4 Å². The molecule has 2 aromatic rings. The van der Waals surface area contributed by atoms with Crippen LogP contribution in [0.3, 0.4) is 0 Å². The van der Waals surface area contributed by atoms with Gasteiger partial charge in [0.2, 0.25) is 11.7 Å². The van der Waals surface area contributed by atoms with Gasteiger partial charge in [-0.1, -0.05) is 6.07 Å². The van der Waals surface area contributed by atoms with Crippen molar-refractivity contribution in [3.63, 3.8) is 0 Å². The summed E-state index contributed by atoms with van der Waals surface area (Å²) in [6, 6.07) is 4.93. The molecule has 1 aromatic carbocycles. The average molecular weight is 223 g/mol. The van der Waals surface area contributed by atoms with Crippen LogP contribution in [0.1, 0.15) is 0 Å². The molecule has 0 saturated carbocycles. The number of ether oxygens (including phenoxy) is 1. The van der Waals surface area contributed by atoms with E-state index in [1.54, 1.807) is 0 Å². The Labute approximate surface area is 89.7 Å². The van der Waals surface area contributed by atoms with Crippen LogP contribution >= 0.6 is 0 Å². The standard InChI is InChI=1S/C10H7F2N3O/c11-6-2-1-3-7(10(6)12)16-9-4-8(13)14-5-15-9/h1-5H,(H2,13,14,15). The predicted molar refractivity (Wildman–Crippen MR) is 52.9 cm³/mol. The minimum Gasteiger partial charge on any atom is -0.436 e. The molecule has 16 heavy (non-hydrogen) atoms. The molecule has 0 atom stereocenters. The molecular formula is C10H7F2N3O. The first-order chi connectivity index (χ1) is 7.66. The first-order valence-corrected chi connectivity index (χ1v) is 4.36. The number of hydrogen-bond donors (Lipinski definition) is 1. The van der Waals surface area contributed by atoms with Crippen molar-refractivity contribution in [2.24, 2.45) is 0 Å². The van der Waals surface area contributed by atoms with Gasteiger partial charge in [-0.2, -0.15) is 4.39 Å². The molecule has 2 N–H and O–H groups in total. The molecule has 1 aromatic heterocycles. The molecule has 0 amide bonds. The second-order valence-electron chi connectivity index (χ2n) is 2.94. The van der Waals surface area contributed by atoms with E-state index >= 15 is 0 Å². The van der Waals surface area contributed by atoms with Crippen molar-refractivity contribution < 1.29 is 13.5 Å². The molecule has 0 fully saturated rings. The van der Waals surface area contributed by atoms with Crippen LogP contribution in [0, 0.1) is 11.6 Å². The molecule has 6 heteroatoms. The highest BCUT2D eigenvalue weighted by atomic mass is 19.2. The fourth-order valence-electron chi connectivity index (χ4n) is 1.08. The molecule has 0 aliphatic rings. The Kier molecular flexibility index (Phi) is 2.63. The Morgan fingerprint density at radius 3 is 2.75 bits per heavy atom. The van der Waals surface area contributed by atoms with Crippen LogP contribution < -0.4 is 10.5 Å². The minimum atomic E-state index is -1.07. The van der Waals surface area contributed by atoms with Gasteiger partial charge in [-0.05, 0) is 12.1 Å². The van der Waals surface area contributed by atoms with Crippen molar-refractivity contribution in [2.45, 2.75) is 0 Å². The smallest absolute Gasteiger partial charge is 0.224 e. The van der Waals surface area contributed by atoms with Crippen LogP contribution in [0.2, 0.25) is 0 Å². The Morgan fingerprint density at radius 1 is 1.19 bits per heavy atom. The largest absolute Gasteiger partial charge is 0.436 e. The van der Waals surface area contributed by atoms with Gasteiger partial charge < -0.3 is 10.5 Å². The summed E-state index contributed by atoms with van der Waals surface area (Å²) in [5, 5.41) is 0. The van der Waals surface area contributed by atoms with Crippen LogP contribution in [-0.4, -0.2) is 9.97 Å². The zero-order valence-corrected chi connectivity index (χ0v) is 8.02. The topological polar surface area (TPSA) is 61.0 Å². The van der Waals surface area contributed by atoms with E-state index in [0.29, 0.717) is 0 Å². The summed E-state index contributed by atoms with van der Waals surface area (Å²) in [7, 11) is 0. The van der Waals surface area contributed by atoms with E-state index in [4.69, 9.17) is 10.5 Å². The number of hydrogen-bond acceptors (Lipinski definition) is 4. The van der Waals surface area contributed by atoms with Crippen molar-refractivity contribution in [2.75, 3.05) is 5.73 Å². The third-order valence-electron chi connectivity index (χ3n) is 1.79. The summed E-state index contributed by atoms with van der Waals surface area (Å²) in [5.74, 6) is -2.07. The minimum absolute atomic E-state index is 0.0528. The molecular weight excluding hydrogens is 216 g/mol. The second-order valence-corrected chi connectivity index (χ2v) is 2.94. The monoisotopic (exact) mass is 223 g/mol. The van der Waals surface area contributed by atoms with E-state index in [1.165, 1.54) is 24.5 Å². The fraction of sp³-hybridized carbons (Fsp3) is 0. The fourth-order valence-corrected chi connectivity index (χ4v) is 1.08. The van der Waals surface area contributed by atoms with E-state index in [0.717, 1.165) is 6.07 Å². The second kappa shape index (κ2) is 4.09. The summed E-state index contributed by atoms with van der Waals surface area (Å²) in [6.07, 6.45) is 1.17. The van der Waals surface area contributed by atoms with Crippen LogP contribution in [0.25, 0.3) is 0 Å². The highest BCUT2D eigenvalue weighted by molar-refractivity contribution is 5.35. The summed E-state index contributed by atoms with van der Waals surface area (Å²) in [5.41, 5.74) is 5.38. The molecule has 0 aliphatic carbocycles. The van der Waals surface area contributed by atoms with Gasteiger partial charge in [0.25, 0.3) is 0 Å². The van der Waals surface area contributed by atoms with Crippen LogP contribution in [0.4, 0.5) is 14.6 Å². The number of anilines is 1. The molecule has 0 bridgehead atoms. The van der Waals surface area contributed by atoms with Gasteiger partial charge in [-0.15, -0.1) is 0 Å². The van der Waals surface area contributed by atoms with Gasteiger partial charge in [0, 0.05) is 6.07 Å². The van der Waals surface area contributed by atoms with E-state index < -0.39 is 11.6 Å². The zero-order valence-electron chi connectivity index (χ0n) is 8.02. The van der Waals surface area contributed by atoms with Crippen LogP contribution in [0.5, 0.6) is 11.6 Å². The SMILES string of the molecule is Nc1cc(Oc2cccc(F)c2F)ncn1. The normalized spacial score (nSPS) is 10.1. The van der Waals surface area contributed by atoms with Crippen molar-refractivity contribution in [3.05, 3.63) is 42.2 Å². The molecule has 0 spiro atoms. The van der Waals surface area contributed by atoms with E-state index in [-0.39, 0.29) is 17.4 Å². The first kappa shape index (κ1) is 10.3.